The van der Waals surface area contributed by atoms with Crippen LogP contribution in [-0.2, 0) is 0 Å². The zero-order valence-electron chi connectivity index (χ0n) is 10.3. The molecule has 0 radical (unpaired) electrons. The third-order valence-corrected chi connectivity index (χ3v) is 3.98. The molecule has 0 aromatic heterocycles. The summed E-state index contributed by atoms with van der Waals surface area (Å²) in [4.78, 5) is 12.4. The first-order chi connectivity index (χ1) is 9.63. The molecule has 0 atom stereocenters. The highest BCUT2D eigenvalue weighted by atomic mass is 79.9. The molecule has 0 bridgehead atoms. The van der Waals surface area contributed by atoms with Crippen molar-refractivity contribution in [2.24, 2.45) is 0 Å². The Morgan fingerprint density at radius 3 is 2.10 bits per heavy atom. The normalized spacial score (nSPS) is 11.4. The zero-order chi connectivity index (χ0) is 14.5. The van der Waals surface area contributed by atoms with Crippen LogP contribution in [-0.4, -0.2) is 5.78 Å². The van der Waals surface area contributed by atoms with Crippen LogP contribution in [0.1, 0.15) is 15.9 Å². The van der Waals surface area contributed by atoms with Gasteiger partial charge in [-0.3, -0.25) is 4.79 Å². The SMILES string of the molecule is N#C/C(=C(\Br)C(=O)c1ccc(Br)cc1)c1ccccc1. The summed E-state index contributed by atoms with van der Waals surface area (Å²) < 4.78 is 1.17. The number of halogens is 2. The summed E-state index contributed by atoms with van der Waals surface area (Å²) in [6.45, 7) is 0. The molecule has 2 rings (SSSR count). The molecule has 0 spiro atoms. The molecule has 0 aliphatic rings. The maximum atomic E-state index is 12.4. The van der Waals surface area contributed by atoms with E-state index in [0.29, 0.717) is 16.7 Å². The summed E-state index contributed by atoms with van der Waals surface area (Å²) in [6.07, 6.45) is 0. The van der Waals surface area contributed by atoms with Crippen LogP contribution >= 0.6 is 31.9 Å². The van der Waals surface area contributed by atoms with Gasteiger partial charge in [0.1, 0.15) is 6.07 Å². The van der Waals surface area contributed by atoms with Crippen molar-refractivity contribution >= 4 is 43.2 Å². The molecule has 0 saturated carbocycles. The minimum Gasteiger partial charge on any atom is -0.288 e. The fourth-order valence-corrected chi connectivity index (χ4v) is 2.50. The van der Waals surface area contributed by atoms with Crippen LogP contribution in [0.3, 0.4) is 0 Å². The lowest BCUT2D eigenvalue weighted by atomic mass is 10.0. The van der Waals surface area contributed by atoms with Crippen molar-refractivity contribution < 1.29 is 4.79 Å². The Morgan fingerprint density at radius 2 is 1.55 bits per heavy atom. The van der Waals surface area contributed by atoms with Gasteiger partial charge in [-0.05, 0) is 45.8 Å². The first-order valence-electron chi connectivity index (χ1n) is 5.79. The lowest BCUT2D eigenvalue weighted by Crippen LogP contribution is -2.01. The van der Waals surface area contributed by atoms with E-state index in [1.54, 1.807) is 36.4 Å². The summed E-state index contributed by atoms with van der Waals surface area (Å²) in [5, 5.41) is 9.29. The van der Waals surface area contributed by atoms with E-state index < -0.39 is 0 Å². The highest BCUT2D eigenvalue weighted by Gasteiger charge is 2.16. The molecule has 98 valence electrons. The second-order valence-corrected chi connectivity index (χ2v) is 5.71. The molecule has 0 aliphatic heterocycles. The highest BCUT2D eigenvalue weighted by Crippen LogP contribution is 2.26. The van der Waals surface area contributed by atoms with E-state index in [1.807, 2.05) is 18.2 Å². The van der Waals surface area contributed by atoms with Crippen molar-refractivity contribution in [3.8, 4) is 6.07 Å². The van der Waals surface area contributed by atoms with Gasteiger partial charge in [-0.25, -0.2) is 0 Å². The smallest absolute Gasteiger partial charge is 0.201 e. The van der Waals surface area contributed by atoms with E-state index in [1.165, 1.54) is 0 Å². The van der Waals surface area contributed by atoms with E-state index in [4.69, 9.17) is 0 Å². The molecule has 0 aliphatic carbocycles. The van der Waals surface area contributed by atoms with Gasteiger partial charge in [0, 0.05) is 10.0 Å². The van der Waals surface area contributed by atoms with Gasteiger partial charge in [-0.1, -0.05) is 46.3 Å². The molecule has 0 saturated heterocycles. The van der Waals surface area contributed by atoms with Crippen LogP contribution in [0.2, 0.25) is 0 Å². The van der Waals surface area contributed by atoms with Crippen LogP contribution in [0.5, 0.6) is 0 Å². The Kier molecular flexibility index (Phi) is 4.89. The number of rotatable bonds is 3. The van der Waals surface area contributed by atoms with E-state index in [0.717, 1.165) is 4.47 Å². The Bertz CT molecular complexity index is 698. The third kappa shape index (κ3) is 3.24. The van der Waals surface area contributed by atoms with Crippen LogP contribution in [0.4, 0.5) is 0 Å². The summed E-state index contributed by atoms with van der Waals surface area (Å²) in [5.41, 5.74) is 1.58. The van der Waals surface area contributed by atoms with Crippen molar-refractivity contribution in [1.29, 1.82) is 5.26 Å². The van der Waals surface area contributed by atoms with Gasteiger partial charge in [0.05, 0.1) is 10.1 Å². The number of hydrogen-bond donors (Lipinski definition) is 0. The lowest BCUT2D eigenvalue weighted by molar-refractivity contribution is 0.104. The number of benzene rings is 2. The minimum atomic E-state index is -0.210. The molecule has 0 heterocycles. The Morgan fingerprint density at radius 1 is 0.950 bits per heavy atom. The van der Waals surface area contributed by atoms with Crippen molar-refractivity contribution in [2.45, 2.75) is 0 Å². The predicted octanol–water partition coefficient (Wildman–Crippen LogP) is 4.96. The number of nitrogens with zero attached hydrogens (tertiary/aromatic N) is 1. The topological polar surface area (TPSA) is 40.9 Å². The molecule has 4 heteroatoms. The zero-order valence-corrected chi connectivity index (χ0v) is 13.5. The van der Waals surface area contributed by atoms with Crippen molar-refractivity contribution in [3.63, 3.8) is 0 Å². The first kappa shape index (κ1) is 14.7. The maximum absolute atomic E-state index is 12.4. The summed E-state index contributed by atoms with van der Waals surface area (Å²) in [5.74, 6) is -0.210. The summed E-state index contributed by atoms with van der Waals surface area (Å²) in [7, 11) is 0. The van der Waals surface area contributed by atoms with Gasteiger partial charge in [0.15, 0.2) is 0 Å². The minimum absolute atomic E-state index is 0.210. The number of hydrogen-bond acceptors (Lipinski definition) is 2. The Balaban J connectivity index is 2.44. The van der Waals surface area contributed by atoms with Crippen molar-refractivity contribution in [3.05, 3.63) is 74.7 Å². The van der Waals surface area contributed by atoms with Crippen LogP contribution < -0.4 is 0 Å². The van der Waals surface area contributed by atoms with Gasteiger partial charge in [-0.2, -0.15) is 5.26 Å². The molecule has 0 unspecified atom stereocenters. The first-order valence-corrected chi connectivity index (χ1v) is 7.37. The molecular weight excluding hydrogens is 382 g/mol. The van der Waals surface area contributed by atoms with Crippen molar-refractivity contribution in [1.82, 2.24) is 0 Å². The molecule has 20 heavy (non-hydrogen) atoms. The Labute approximate surface area is 134 Å². The van der Waals surface area contributed by atoms with Crippen LogP contribution in [0, 0.1) is 11.3 Å². The molecule has 2 nitrogen and oxygen atoms in total. The molecule has 2 aromatic carbocycles. The fraction of sp³-hybridized carbons (Fsp3) is 0. The van der Waals surface area contributed by atoms with E-state index in [9.17, 15) is 10.1 Å². The average molecular weight is 391 g/mol. The molecule has 2 aromatic rings. The maximum Gasteiger partial charge on any atom is 0.201 e. The fourth-order valence-electron chi connectivity index (χ4n) is 1.69. The predicted molar refractivity (Wildman–Crippen MR) is 86.4 cm³/mol. The van der Waals surface area contributed by atoms with E-state index in [2.05, 4.69) is 37.9 Å². The van der Waals surface area contributed by atoms with Gasteiger partial charge in [0.2, 0.25) is 5.78 Å². The molecular formula is C16H9Br2NO. The summed E-state index contributed by atoms with van der Waals surface area (Å²) in [6, 6.07) is 18.2. The van der Waals surface area contributed by atoms with E-state index >= 15 is 0 Å². The van der Waals surface area contributed by atoms with Gasteiger partial charge >= 0.3 is 0 Å². The highest BCUT2D eigenvalue weighted by molar-refractivity contribution is 9.12. The number of carbonyl (C=O) groups excluding carboxylic acids is 1. The largest absolute Gasteiger partial charge is 0.288 e. The van der Waals surface area contributed by atoms with Crippen LogP contribution in [0.15, 0.2) is 63.6 Å². The average Bonchev–Trinajstić information content (AvgIpc) is 2.49. The molecule has 0 amide bonds. The molecule has 0 N–H and O–H groups in total. The van der Waals surface area contributed by atoms with Gasteiger partial charge in [0.25, 0.3) is 0 Å². The van der Waals surface area contributed by atoms with Gasteiger partial charge < -0.3 is 0 Å². The molecule has 0 fully saturated rings. The third-order valence-electron chi connectivity index (χ3n) is 2.70. The van der Waals surface area contributed by atoms with E-state index in [-0.39, 0.29) is 10.3 Å². The quantitative estimate of drug-likeness (QED) is 0.422. The number of nitriles is 1. The standard InChI is InChI=1S/C16H9Br2NO/c17-13-8-6-12(7-9-13)16(20)15(18)14(10-19)11-4-2-1-3-5-11/h1-9H/b15-14+. The second kappa shape index (κ2) is 6.65. The number of ketones is 1. The number of Topliss-reactive ketones (excluding diaryl/α,β-unsaturated/α-hetero) is 1. The van der Waals surface area contributed by atoms with Crippen LogP contribution in [0.25, 0.3) is 5.57 Å². The monoisotopic (exact) mass is 389 g/mol. The Hall–Kier alpha value is -1.70. The second-order valence-electron chi connectivity index (χ2n) is 4.00. The van der Waals surface area contributed by atoms with Crippen molar-refractivity contribution in [2.75, 3.05) is 0 Å². The lowest BCUT2D eigenvalue weighted by Gasteiger charge is -2.04. The number of allylic oxidation sites excluding steroid dienone is 2. The van der Waals surface area contributed by atoms with Gasteiger partial charge in [-0.15, -0.1) is 0 Å². The number of carbonyl (C=O) groups is 1. The summed E-state index contributed by atoms with van der Waals surface area (Å²) >= 11 is 6.58.